The van der Waals surface area contributed by atoms with Crippen LogP contribution in [0.5, 0.6) is 0 Å². The molecule has 3 aliphatic heterocycles. The van der Waals surface area contributed by atoms with Crippen LogP contribution in [0.1, 0.15) is 31.2 Å². The van der Waals surface area contributed by atoms with Gasteiger partial charge in [-0.1, -0.05) is 18.2 Å². The van der Waals surface area contributed by atoms with E-state index in [1.165, 1.54) is 6.07 Å². The van der Waals surface area contributed by atoms with Gasteiger partial charge in [0, 0.05) is 51.4 Å². The molecule has 3 aliphatic rings. The monoisotopic (exact) mass is 361 g/mol. The van der Waals surface area contributed by atoms with Gasteiger partial charge in [-0.05, 0) is 37.7 Å². The summed E-state index contributed by atoms with van der Waals surface area (Å²) in [5.74, 6) is 0.334. The van der Waals surface area contributed by atoms with E-state index in [9.17, 15) is 9.18 Å². The molecule has 0 saturated carbocycles. The number of urea groups is 1. The minimum absolute atomic E-state index is 0.0743. The van der Waals surface area contributed by atoms with Crippen LogP contribution in [0.3, 0.4) is 0 Å². The van der Waals surface area contributed by atoms with Gasteiger partial charge in [-0.25, -0.2) is 9.18 Å². The SMILES string of the molecule is O=C(NCC[C@H]1CCOC12CN(Cc1ccccc1F)C2)N1CCCC1. The van der Waals surface area contributed by atoms with Gasteiger partial charge in [0.05, 0.1) is 5.60 Å². The van der Waals surface area contributed by atoms with Crippen LogP contribution < -0.4 is 5.32 Å². The molecule has 1 aromatic rings. The topological polar surface area (TPSA) is 44.8 Å². The van der Waals surface area contributed by atoms with Crippen molar-refractivity contribution in [2.75, 3.05) is 39.3 Å². The third-order valence-corrected chi connectivity index (χ3v) is 6.10. The molecular formula is C20H28FN3O2. The fourth-order valence-electron chi connectivity index (χ4n) is 4.62. The Morgan fingerprint density at radius 3 is 2.81 bits per heavy atom. The van der Waals surface area contributed by atoms with Crippen molar-refractivity contribution >= 4 is 6.03 Å². The summed E-state index contributed by atoms with van der Waals surface area (Å²) >= 11 is 0. The number of hydrogen-bond donors (Lipinski definition) is 1. The Labute approximate surface area is 154 Å². The molecule has 5 nitrogen and oxygen atoms in total. The van der Waals surface area contributed by atoms with Crippen LogP contribution in [0.25, 0.3) is 0 Å². The summed E-state index contributed by atoms with van der Waals surface area (Å²) in [4.78, 5) is 16.2. The summed E-state index contributed by atoms with van der Waals surface area (Å²) < 4.78 is 19.9. The molecule has 1 N–H and O–H groups in total. The van der Waals surface area contributed by atoms with Crippen LogP contribution in [0.2, 0.25) is 0 Å². The van der Waals surface area contributed by atoms with Crippen LogP contribution >= 0.6 is 0 Å². The minimum Gasteiger partial charge on any atom is -0.372 e. The van der Waals surface area contributed by atoms with Crippen molar-refractivity contribution in [2.45, 2.75) is 37.8 Å². The fraction of sp³-hybridized carbons (Fsp3) is 0.650. The molecule has 1 aromatic carbocycles. The van der Waals surface area contributed by atoms with Gasteiger partial charge in [-0.2, -0.15) is 0 Å². The first-order valence-corrected chi connectivity index (χ1v) is 9.79. The third kappa shape index (κ3) is 3.58. The highest BCUT2D eigenvalue weighted by molar-refractivity contribution is 5.74. The second kappa shape index (κ2) is 7.53. The number of benzene rings is 1. The molecule has 0 aliphatic carbocycles. The molecule has 0 aromatic heterocycles. The molecule has 0 bridgehead atoms. The molecule has 3 saturated heterocycles. The molecule has 0 radical (unpaired) electrons. The maximum absolute atomic E-state index is 13.8. The van der Waals surface area contributed by atoms with E-state index in [0.717, 1.165) is 64.0 Å². The number of carbonyl (C=O) groups is 1. The summed E-state index contributed by atoms with van der Waals surface area (Å²) in [7, 11) is 0. The van der Waals surface area contributed by atoms with E-state index in [-0.39, 0.29) is 17.4 Å². The molecule has 26 heavy (non-hydrogen) atoms. The molecule has 142 valence electrons. The van der Waals surface area contributed by atoms with Crippen molar-refractivity contribution in [1.82, 2.24) is 15.1 Å². The number of nitrogens with one attached hydrogen (secondary N) is 1. The lowest BCUT2D eigenvalue weighted by Crippen LogP contribution is -2.64. The van der Waals surface area contributed by atoms with E-state index < -0.39 is 0 Å². The average Bonchev–Trinajstić information content (AvgIpc) is 3.26. The lowest BCUT2D eigenvalue weighted by atomic mass is 9.78. The Hall–Kier alpha value is -1.66. The Morgan fingerprint density at radius 2 is 2.04 bits per heavy atom. The van der Waals surface area contributed by atoms with Crippen molar-refractivity contribution in [3.8, 4) is 0 Å². The van der Waals surface area contributed by atoms with Crippen LogP contribution in [0.15, 0.2) is 24.3 Å². The zero-order valence-corrected chi connectivity index (χ0v) is 15.3. The standard InChI is InChI=1S/C20H28FN3O2/c21-18-6-2-1-5-16(18)13-23-14-20(15-23)17(8-12-26-20)7-9-22-19(25)24-10-3-4-11-24/h1-2,5-6,17H,3-4,7-15H2,(H,22,25)/t17-/m0/s1. The summed E-state index contributed by atoms with van der Waals surface area (Å²) in [5.41, 5.74) is 0.652. The molecule has 4 rings (SSSR count). The van der Waals surface area contributed by atoms with Gasteiger partial charge >= 0.3 is 6.03 Å². The molecule has 6 heteroatoms. The summed E-state index contributed by atoms with van der Waals surface area (Å²) in [5, 5.41) is 3.06. The maximum Gasteiger partial charge on any atom is 0.317 e. The molecule has 1 atom stereocenters. The minimum atomic E-state index is -0.137. The summed E-state index contributed by atoms with van der Waals surface area (Å²) in [6, 6.07) is 7.05. The first-order valence-electron chi connectivity index (χ1n) is 9.79. The lowest BCUT2D eigenvalue weighted by Gasteiger charge is -2.50. The number of nitrogens with zero attached hydrogens (tertiary/aromatic N) is 2. The normalized spacial score (nSPS) is 24.8. The third-order valence-electron chi connectivity index (χ3n) is 6.10. The number of halogens is 1. The smallest absolute Gasteiger partial charge is 0.317 e. The van der Waals surface area contributed by atoms with Crippen molar-refractivity contribution in [1.29, 1.82) is 0 Å². The first kappa shape index (κ1) is 17.7. The zero-order valence-electron chi connectivity index (χ0n) is 15.3. The van der Waals surface area contributed by atoms with Crippen LogP contribution in [-0.4, -0.2) is 60.8 Å². The maximum atomic E-state index is 13.8. The van der Waals surface area contributed by atoms with Crippen molar-refractivity contribution in [3.63, 3.8) is 0 Å². The van der Waals surface area contributed by atoms with E-state index in [2.05, 4.69) is 10.2 Å². The number of carbonyl (C=O) groups excluding carboxylic acids is 1. The van der Waals surface area contributed by atoms with Gasteiger partial charge in [0.25, 0.3) is 0 Å². The summed E-state index contributed by atoms with van der Waals surface area (Å²) in [6.45, 7) is 5.60. The second-order valence-electron chi connectivity index (χ2n) is 7.85. The number of amides is 2. The predicted octanol–water partition coefficient (Wildman–Crippen LogP) is 2.61. The van der Waals surface area contributed by atoms with Gasteiger partial charge in [0.15, 0.2) is 0 Å². The molecule has 1 spiro atoms. The van der Waals surface area contributed by atoms with E-state index in [1.54, 1.807) is 6.07 Å². The Balaban J connectivity index is 1.24. The van der Waals surface area contributed by atoms with Gasteiger partial charge in [-0.3, -0.25) is 4.90 Å². The van der Waals surface area contributed by atoms with E-state index >= 15 is 0 Å². The highest BCUT2D eigenvalue weighted by Gasteiger charge is 2.52. The van der Waals surface area contributed by atoms with Crippen LogP contribution in [-0.2, 0) is 11.3 Å². The summed E-state index contributed by atoms with van der Waals surface area (Å²) in [6.07, 6.45) is 4.23. The molecule has 3 fully saturated rings. The number of hydrogen-bond acceptors (Lipinski definition) is 3. The van der Waals surface area contributed by atoms with Gasteiger partial charge < -0.3 is 15.0 Å². The number of likely N-dealkylation sites (tertiary alicyclic amines) is 2. The Kier molecular flexibility index (Phi) is 5.14. The number of ether oxygens (including phenoxy) is 1. The Morgan fingerprint density at radius 1 is 1.27 bits per heavy atom. The van der Waals surface area contributed by atoms with Crippen LogP contribution in [0.4, 0.5) is 9.18 Å². The fourth-order valence-corrected chi connectivity index (χ4v) is 4.62. The second-order valence-corrected chi connectivity index (χ2v) is 7.85. The van der Waals surface area contributed by atoms with Crippen molar-refractivity contribution < 1.29 is 13.9 Å². The molecule has 2 amide bonds. The zero-order chi connectivity index (χ0) is 18.0. The van der Waals surface area contributed by atoms with Gasteiger partial charge in [-0.15, -0.1) is 0 Å². The van der Waals surface area contributed by atoms with Crippen molar-refractivity contribution in [2.24, 2.45) is 5.92 Å². The highest BCUT2D eigenvalue weighted by atomic mass is 19.1. The van der Waals surface area contributed by atoms with E-state index in [4.69, 9.17) is 4.74 Å². The quantitative estimate of drug-likeness (QED) is 0.877. The lowest BCUT2D eigenvalue weighted by molar-refractivity contribution is -0.137. The first-order chi connectivity index (χ1) is 12.7. The highest BCUT2D eigenvalue weighted by Crippen LogP contribution is 2.42. The van der Waals surface area contributed by atoms with Gasteiger partial charge in [0.1, 0.15) is 5.82 Å². The van der Waals surface area contributed by atoms with Crippen molar-refractivity contribution in [3.05, 3.63) is 35.6 Å². The molecule has 0 unspecified atom stereocenters. The average molecular weight is 361 g/mol. The van der Waals surface area contributed by atoms with E-state index in [1.807, 2.05) is 17.0 Å². The van der Waals surface area contributed by atoms with Gasteiger partial charge in [0.2, 0.25) is 0 Å². The molecular weight excluding hydrogens is 333 g/mol. The van der Waals surface area contributed by atoms with Crippen LogP contribution in [0, 0.1) is 11.7 Å². The Bertz CT molecular complexity index is 642. The molecule has 3 heterocycles. The largest absolute Gasteiger partial charge is 0.372 e. The number of rotatable bonds is 5. The van der Waals surface area contributed by atoms with E-state index in [0.29, 0.717) is 19.0 Å². The predicted molar refractivity (Wildman–Crippen MR) is 97.3 cm³/mol.